The van der Waals surface area contributed by atoms with Crippen molar-refractivity contribution in [3.63, 3.8) is 0 Å². The number of carbonyl (C=O) groups is 2. The highest BCUT2D eigenvalue weighted by molar-refractivity contribution is 5.81. The first-order chi connectivity index (χ1) is 6.07. The van der Waals surface area contributed by atoms with Crippen LogP contribution in [0.25, 0.3) is 0 Å². The van der Waals surface area contributed by atoms with Crippen molar-refractivity contribution >= 4 is 11.8 Å². The molecule has 0 aromatic heterocycles. The van der Waals surface area contributed by atoms with Gasteiger partial charge in [-0.05, 0) is 13.3 Å². The van der Waals surface area contributed by atoms with Crippen LogP contribution in [0.15, 0.2) is 0 Å². The Bertz CT molecular complexity index is 175. The number of aliphatic carboxylic acids is 1. The summed E-state index contributed by atoms with van der Waals surface area (Å²) in [5, 5.41) is 8.77. The van der Waals surface area contributed by atoms with Crippen LogP contribution in [0.5, 0.6) is 0 Å². The molecule has 0 unspecified atom stereocenters. The minimum absolute atomic E-state index is 0.0381. The molecule has 3 nitrogen and oxygen atoms in total. The molecule has 0 radical (unpaired) electrons. The predicted octanol–water partition coefficient (Wildman–Crippen LogP) is 2.25. The summed E-state index contributed by atoms with van der Waals surface area (Å²) in [6.45, 7) is 3.51. The zero-order valence-electron chi connectivity index (χ0n) is 8.38. The van der Waals surface area contributed by atoms with Crippen LogP contribution in [-0.4, -0.2) is 16.9 Å². The molecule has 0 bridgehead atoms. The second-order valence-electron chi connectivity index (χ2n) is 3.44. The summed E-state index contributed by atoms with van der Waals surface area (Å²) < 4.78 is 0. The summed E-state index contributed by atoms with van der Waals surface area (Å²) in [7, 11) is 0. The van der Waals surface area contributed by atoms with Crippen LogP contribution in [-0.2, 0) is 9.59 Å². The molecular weight excluding hydrogens is 168 g/mol. The fourth-order valence-corrected chi connectivity index (χ4v) is 1.30. The second kappa shape index (κ2) is 6.63. The van der Waals surface area contributed by atoms with Crippen molar-refractivity contribution in [1.29, 1.82) is 0 Å². The van der Waals surface area contributed by atoms with Gasteiger partial charge < -0.3 is 9.90 Å². The molecule has 3 heteroatoms. The molecule has 13 heavy (non-hydrogen) atoms. The molecule has 0 saturated carbocycles. The van der Waals surface area contributed by atoms with Crippen molar-refractivity contribution in [2.45, 2.75) is 46.0 Å². The van der Waals surface area contributed by atoms with Gasteiger partial charge in [0.2, 0.25) is 0 Å². The van der Waals surface area contributed by atoms with Crippen LogP contribution in [0.4, 0.5) is 0 Å². The molecule has 0 spiro atoms. The van der Waals surface area contributed by atoms with Gasteiger partial charge >= 0.3 is 5.97 Å². The number of hydrogen-bond acceptors (Lipinski definition) is 2. The van der Waals surface area contributed by atoms with Crippen molar-refractivity contribution in [1.82, 2.24) is 0 Å². The molecule has 0 aromatic carbocycles. The molecule has 0 aliphatic carbocycles. The third-order valence-electron chi connectivity index (χ3n) is 2.04. The Hall–Kier alpha value is -0.860. The van der Waals surface area contributed by atoms with Gasteiger partial charge in [-0.15, -0.1) is 0 Å². The smallest absolute Gasteiger partial charge is 0.306 e. The quantitative estimate of drug-likeness (QED) is 0.620. The van der Waals surface area contributed by atoms with E-state index in [1.54, 1.807) is 0 Å². The number of carboxylic acids is 1. The minimum Gasteiger partial charge on any atom is -0.481 e. The number of Topliss-reactive ketones (excluding diaryl/α,β-unsaturated/α-hetero) is 1. The Morgan fingerprint density at radius 2 is 1.92 bits per heavy atom. The van der Waals surface area contributed by atoms with E-state index in [1.165, 1.54) is 6.92 Å². The third kappa shape index (κ3) is 6.31. The number of hydrogen-bond donors (Lipinski definition) is 1. The first-order valence-electron chi connectivity index (χ1n) is 4.80. The van der Waals surface area contributed by atoms with E-state index in [2.05, 4.69) is 6.92 Å². The first kappa shape index (κ1) is 12.1. The molecule has 76 valence electrons. The largest absolute Gasteiger partial charge is 0.481 e. The van der Waals surface area contributed by atoms with Crippen molar-refractivity contribution in [2.24, 2.45) is 5.92 Å². The normalized spacial score (nSPS) is 12.5. The molecule has 0 fully saturated rings. The highest BCUT2D eigenvalue weighted by atomic mass is 16.4. The van der Waals surface area contributed by atoms with Crippen LogP contribution < -0.4 is 0 Å². The predicted molar refractivity (Wildman–Crippen MR) is 50.6 cm³/mol. The summed E-state index contributed by atoms with van der Waals surface area (Å²) in [5.41, 5.74) is 0. The van der Waals surface area contributed by atoms with E-state index < -0.39 is 11.9 Å². The van der Waals surface area contributed by atoms with Crippen LogP contribution in [0.2, 0.25) is 0 Å². The van der Waals surface area contributed by atoms with Gasteiger partial charge in [-0.2, -0.15) is 0 Å². The fourth-order valence-electron chi connectivity index (χ4n) is 1.30. The average Bonchev–Trinajstić information content (AvgIpc) is 2.02. The Labute approximate surface area is 79.1 Å². The molecular formula is C10H18O3. The Morgan fingerprint density at radius 1 is 1.31 bits per heavy atom. The standard InChI is InChI=1S/C10H18O3/c1-3-4-5-6-9(10(12)13)7-8(2)11/h9H,3-7H2,1-2H3,(H,12,13)/t9-/m1/s1. The van der Waals surface area contributed by atoms with E-state index in [0.29, 0.717) is 6.42 Å². The number of carbonyl (C=O) groups excluding carboxylic acids is 1. The van der Waals surface area contributed by atoms with E-state index in [0.717, 1.165) is 19.3 Å². The lowest BCUT2D eigenvalue weighted by Crippen LogP contribution is -2.16. The zero-order chi connectivity index (χ0) is 10.3. The van der Waals surface area contributed by atoms with Crippen molar-refractivity contribution in [3.05, 3.63) is 0 Å². The maximum absolute atomic E-state index is 10.7. The Kier molecular flexibility index (Phi) is 6.20. The Balaban J connectivity index is 3.81. The molecule has 0 amide bonds. The van der Waals surface area contributed by atoms with Crippen LogP contribution in [0.3, 0.4) is 0 Å². The molecule has 1 N–H and O–H groups in total. The highest BCUT2D eigenvalue weighted by Crippen LogP contribution is 2.14. The summed E-state index contributed by atoms with van der Waals surface area (Å²) >= 11 is 0. The minimum atomic E-state index is -0.841. The van der Waals surface area contributed by atoms with Gasteiger partial charge in [0.05, 0.1) is 5.92 Å². The maximum atomic E-state index is 10.7. The van der Waals surface area contributed by atoms with Gasteiger partial charge in [-0.3, -0.25) is 4.79 Å². The van der Waals surface area contributed by atoms with Crippen LogP contribution in [0.1, 0.15) is 46.0 Å². The topological polar surface area (TPSA) is 54.4 Å². The fraction of sp³-hybridized carbons (Fsp3) is 0.800. The SMILES string of the molecule is CCCCC[C@H](CC(C)=O)C(=O)O. The van der Waals surface area contributed by atoms with E-state index in [4.69, 9.17) is 5.11 Å². The highest BCUT2D eigenvalue weighted by Gasteiger charge is 2.18. The number of ketones is 1. The summed E-state index contributed by atoms with van der Waals surface area (Å²) in [6.07, 6.45) is 3.83. The monoisotopic (exact) mass is 186 g/mol. The molecule has 0 heterocycles. The van der Waals surface area contributed by atoms with Gasteiger partial charge in [0.1, 0.15) is 5.78 Å². The first-order valence-corrected chi connectivity index (χ1v) is 4.80. The molecule has 0 rings (SSSR count). The van der Waals surface area contributed by atoms with Crippen molar-refractivity contribution in [2.75, 3.05) is 0 Å². The second-order valence-corrected chi connectivity index (χ2v) is 3.44. The van der Waals surface area contributed by atoms with E-state index >= 15 is 0 Å². The molecule has 0 saturated heterocycles. The summed E-state index contributed by atoms with van der Waals surface area (Å²) in [4.78, 5) is 21.4. The zero-order valence-corrected chi connectivity index (χ0v) is 8.38. The van der Waals surface area contributed by atoms with Crippen molar-refractivity contribution in [3.8, 4) is 0 Å². The lowest BCUT2D eigenvalue weighted by Gasteiger charge is -2.09. The van der Waals surface area contributed by atoms with Gasteiger partial charge in [-0.25, -0.2) is 0 Å². The number of carboxylic acid groups (broad SMARTS) is 1. The third-order valence-corrected chi connectivity index (χ3v) is 2.04. The van der Waals surface area contributed by atoms with Crippen LogP contribution in [0, 0.1) is 5.92 Å². The van der Waals surface area contributed by atoms with Gasteiger partial charge in [0.25, 0.3) is 0 Å². The molecule has 0 aromatic rings. The van der Waals surface area contributed by atoms with E-state index in [1.807, 2.05) is 0 Å². The van der Waals surface area contributed by atoms with E-state index in [-0.39, 0.29) is 12.2 Å². The number of unbranched alkanes of at least 4 members (excludes halogenated alkanes) is 2. The average molecular weight is 186 g/mol. The number of rotatable bonds is 7. The maximum Gasteiger partial charge on any atom is 0.306 e. The molecule has 1 atom stereocenters. The molecule has 0 aliphatic rings. The molecule has 0 aliphatic heterocycles. The van der Waals surface area contributed by atoms with Crippen LogP contribution >= 0.6 is 0 Å². The van der Waals surface area contributed by atoms with Gasteiger partial charge in [0.15, 0.2) is 0 Å². The summed E-state index contributed by atoms with van der Waals surface area (Å²) in [5.74, 6) is -1.35. The van der Waals surface area contributed by atoms with Gasteiger partial charge in [0, 0.05) is 6.42 Å². The lowest BCUT2D eigenvalue weighted by molar-refractivity contribution is -0.143. The van der Waals surface area contributed by atoms with Crippen molar-refractivity contribution < 1.29 is 14.7 Å². The summed E-state index contributed by atoms with van der Waals surface area (Å²) in [6, 6.07) is 0. The van der Waals surface area contributed by atoms with Gasteiger partial charge in [-0.1, -0.05) is 26.2 Å². The lowest BCUT2D eigenvalue weighted by atomic mass is 9.96. The van der Waals surface area contributed by atoms with E-state index in [9.17, 15) is 9.59 Å². The Morgan fingerprint density at radius 3 is 2.31 bits per heavy atom.